The summed E-state index contributed by atoms with van der Waals surface area (Å²) in [4.78, 5) is 34.5. The average molecular weight is 483 g/mol. The number of amides is 2. The van der Waals surface area contributed by atoms with Crippen LogP contribution in [0.1, 0.15) is 15.9 Å². The zero-order chi connectivity index (χ0) is 24.5. The first-order valence-electron chi connectivity index (χ1n) is 9.80. The normalized spacial score (nSPS) is 10.5. The van der Waals surface area contributed by atoms with Crippen LogP contribution in [0.4, 0.5) is 11.4 Å². The number of carbonyl (C=O) groups excluding carboxylic acids is 2. The van der Waals surface area contributed by atoms with Gasteiger partial charge < -0.3 is 14.8 Å². The molecule has 3 aromatic carbocycles. The molecule has 0 fully saturated rings. The van der Waals surface area contributed by atoms with Crippen LogP contribution in [-0.2, 0) is 4.79 Å². The number of non-ortho nitro benzene ring substituents is 1. The number of methoxy groups -OCH3 is 1. The molecule has 3 rings (SSSR count). The second-order valence-electron chi connectivity index (χ2n) is 6.73. The maximum absolute atomic E-state index is 12.2. The minimum Gasteiger partial charge on any atom is -0.495 e. The Kier molecular flexibility index (Phi) is 8.14. The topological polar surface area (TPSA) is 132 Å². The SMILES string of the molecule is COc1ccccc1NC(=O)COc1ccc(/C=N/NC(=O)c2cccc([N+](=O)[O-])c2)cc1Cl. The van der Waals surface area contributed by atoms with Crippen LogP contribution in [-0.4, -0.2) is 36.7 Å². The zero-order valence-electron chi connectivity index (χ0n) is 17.9. The van der Waals surface area contributed by atoms with Gasteiger partial charge in [-0.15, -0.1) is 0 Å². The highest BCUT2D eigenvalue weighted by Gasteiger charge is 2.11. The third-order valence-electron chi connectivity index (χ3n) is 4.39. The number of nitro groups is 1. The summed E-state index contributed by atoms with van der Waals surface area (Å²) >= 11 is 6.22. The molecule has 0 aliphatic heterocycles. The number of carbonyl (C=O) groups is 2. The average Bonchev–Trinajstić information content (AvgIpc) is 2.83. The van der Waals surface area contributed by atoms with E-state index in [0.29, 0.717) is 17.0 Å². The summed E-state index contributed by atoms with van der Waals surface area (Å²) in [5.41, 5.74) is 3.26. The largest absolute Gasteiger partial charge is 0.495 e. The molecule has 0 heterocycles. The summed E-state index contributed by atoms with van der Waals surface area (Å²) in [5, 5.41) is 17.6. The van der Waals surface area contributed by atoms with E-state index >= 15 is 0 Å². The Bertz CT molecular complexity index is 1250. The number of nitrogens with zero attached hydrogens (tertiary/aromatic N) is 2. The fraction of sp³-hybridized carbons (Fsp3) is 0.0870. The van der Waals surface area contributed by atoms with Crippen molar-refractivity contribution in [2.75, 3.05) is 19.0 Å². The van der Waals surface area contributed by atoms with E-state index in [4.69, 9.17) is 21.1 Å². The molecule has 3 aromatic rings. The number of halogens is 1. The minimum atomic E-state index is -0.605. The molecule has 0 radical (unpaired) electrons. The quantitative estimate of drug-likeness (QED) is 0.269. The predicted octanol–water partition coefficient (Wildman–Crippen LogP) is 4.04. The van der Waals surface area contributed by atoms with Gasteiger partial charge >= 0.3 is 0 Å². The summed E-state index contributed by atoms with van der Waals surface area (Å²) in [7, 11) is 1.51. The first-order valence-corrected chi connectivity index (χ1v) is 10.2. The molecular formula is C23H19ClN4O6. The summed E-state index contributed by atoms with van der Waals surface area (Å²) < 4.78 is 10.7. The summed E-state index contributed by atoms with van der Waals surface area (Å²) in [6.07, 6.45) is 1.35. The van der Waals surface area contributed by atoms with Crippen LogP contribution in [0.15, 0.2) is 71.8 Å². The van der Waals surface area contributed by atoms with Gasteiger partial charge in [0.2, 0.25) is 0 Å². The lowest BCUT2D eigenvalue weighted by Gasteiger charge is -2.11. The molecule has 2 N–H and O–H groups in total. The number of hydrogen-bond donors (Lipinski definition) is 2. The monoisotopic (exact) mass is 482 g/mol. The fourth-order valence-corrected chi connectivity index (χ4v) is 3.03. The van der Waals surface area contributed by atoms with Gasteiger partial charge in [0.05, 0.1) is 29.0 Å². The molecule has 174 valence electrons. The Balaban J connectivity index is 1.54. The van der Waals surface area contributed by atoms with Crippen molar-refractivity contribution in [1.82, 2.24) is 5.43 Å². The second-order valence-corrected chi connectivity index (χ2v) is 7.14. The number of nitro benzene ring substituents is 1. The summed E-state index contributed by atoms with van der Waals surface area (Å²) in [5.74, 6) is -0.188. The number of nitrogens with one attached hydrogen (secondary N) is 2. The summed E-state index contributed by atoms with van der Waals surface area (Å²) in [6, 6.07) is 17.0. The van der Waals surface area contributed by atoms with Crippen LogP contribution in [0.2, 0.25) is 5.02 Å². The maximum Gasteiger partial charge on any atom is 0.271 e. The first-order chi connectivity index (χ1) is 16.4. The zero-order valence-corrected chi connectivity index (χ0v) is 18.6. The number of anilines is 1. The van der Waals surface area contributed by atoms with E-state index in [2.05, 4.69) is 15.8 Å². The second kappa shape index (κ2) is 11.4. The van der Waals surface area contributed by atoms with Gasteiger partial charge in [0.15, 0.2) is 6.61 Å². The van der Waals surface area contributed by atoms with Crippen molar-refractivity contribution >= 4 is 41.0 Å². The molecule has 2 amide bonds. The Hall–Kier alpha value is -4.44. The van der Waals surface area contributed by atoms with Crippen molar-refractivity contribution < 1.29 is 24.0 Å². The van der Waals surface area contributed by atoms with Crippen LogP contribution >= 0.6 is 11.6 Å². The highest BCUT2D eigenvalue weighted by molar-refractivity contribution is 6.32. The van der Waals surface area contributed by atoms with Gasteiger partial charge in [0, 0.05) is 17.7 Å². The van der Waals surface area contributed by atoms with Gasteiger partial charge in [-0.1, -0.05) is 29.8 Å². The summed E-state index contributed by atoms with van der Waals surface area (Å²) in [6.45, 7) is -0.273. The number of benzene rings is 3. The van der Waals surface area contributed by atoms with Crippen LogP contribution in [0.5, 0.6) is 11.5 Å². The van der Waals surface area contributed by atoms with Crippen molar-refractivity contribution in [2.24, 2.45) is 5.10 Å². The molecule has 0 bridgehead atoms. The van der Waals surface area contributed by atoms with E-state index < -0.39 is 16.7 Å². The van der Waals surface area contributed by atoms with Crippen LogP contribution in [0, 0.1) is 10.1 Å². The maximum atomic E-state index is 12.2. The van der Waals surface area contributed by atoms with Gasteiger partial charge in [-0.25, -0.2) is 5.43 Å². The van der Waals surface area contributed by atoms with Crippen molar-refractivity contribution in [3.05, 3.63) is 93.0 Å². The van der Waals surface area contributed by atoms with E-state index in [1.807, 2.05) is 0 Å². The van der Waals surface area contributed by atoms with Gasteiger partial charge in [-0.3, -0.25) is 19.7 Å². The molecule has 0 aliphatic carbocycles. The van der Waals surface area contributed by atoms with E-state index in [1.165, 1.54) is 37.6 Å². The highest BCUT2D eigenvalue weighted by Crippen LogP contribution is 2.26. The Morgan fingerprint density at radius 1 is 1.09 bits per heavy atom. The molecule has 0 atom stereocenters. The lowest BCUT2D eigenvalue weighted by Crippen LogP contribution is -2.20. The van der Waals surface area contributed by atoms with Gasteiger partial charge in [0.25, 0.3) is 17.5 Å². The number of hydrazone groups is 1. The number of ether oxygens (including phenoxy) is 2. The molecular weight excluding hydrogens is 464 g/mol. The molecule has 0 spiro atoms. The molecule has 0 aromatic heterocycles. The molecule has 34 heavy (non-hydrogen) atoms. The third kappa shape index (κ3) is 6.53. The first kappa shape index (κ1) is 24.2. The van der Waals surface area contributed by atoms with Crippen molar-refractivity contribution in [1.29, 1.82) is 0 Å². The van der Waals surface area contributed by atoms with E-state index in [9.17, 15) is 19.7 Å². The number of para-hydroxylation sites is 2. The van der Waals surface area contributed by atoms with E-state index in [1.54, 1.807) is 36.4 Å². The van der Waals surface area contributed by atoms with Gasteiger partial charge in [0.1, 0.15) is 11.5 Å². The van der Waals surface area contributed by atoms with Gasteiger partial charge in [-0.2, -0.15) is 5.10 Å². The van der Waals surface area contributed by atoms with Crippen molar-refractivity contribution in [3.8, 4) is 11.5 Å². The lowest BCUT2D eigenvalue weighted by atomic mass is 10.2. The smallest absolute Gasteiger partial charge is 0.271 e. The third-order valence-corrected chi connectivity index (χ3v) is 4.69. The van der Waals surface area contributed by atoms with Crippen molar-refractivity contribution in [3.63, 3.8) is 0 Å². The highest BCUT2D eigenvalue weighted by atomic mass is 35.5. The molecule has 10 nitrogen and oxygen atoms in total. The molecule has 0 saturated carbocycles. The fourth-order valence-electron chi connectivity index (χ4n) is 2.78. The standard InChI is InChI=1S/C23H19ClN4O6/c1-33-21-8-3-2-7-19(21)26-22(29)14-34-20-10-9-15(11-18(20)24)13-25-27-23(30)16-5-4-6-17(12-16)28(31)32/h2-13H,14H2,1H3,(H,26,29)(H,27,30)/b25-13+. The number of hydrogen-bond acceptors (Lipinski definition) is 7. The van der Waals surface area contributed by atoms with Crippen LogP contribution in [0.25, 0.3) is 0 Å². The Morgan fingerprint density at radius 2 is 1.88 bits per heavy atom. The molecule has 11 heteroatoms. The lowest BCUT2D eigenvalue weighted by molar-refractivity contribution is -0.384. The van der Waals surface area contributed by atoms with E-state index in [-0.39, 0.29) is 28.6 Å². The minimum absolute atomic E-state index is 0.0968. The molecule has 0 aliphatic rings. The Labute approximate surface area is 199 Å². The van der Waals surface area contributed by atoms with Crippen molar-refractivity contribution in [2.45, 2.75) is 0 Å². The predicted molar refractivity (Wildman–Crippen MR) is 127 cm³/mol. The van der Waals surface area contributed by atoms with Gasteiger partial charge in [-0.05, 0) is 42.0 Å². The van der Waals surface area contributed by atoms with Crippen LogP contribution in [0.3, 0.4) is 0 Å². The number of rotatable bonds is 9. The molecule has 0 unspecified atom stereocenters. The van der Waals surface area contributed by atoms with Crippen LogP contribution < -0.4 is 20.2 Å². The molecule has 0 saturated heterocycles. The Morgan fingerprint density at radius 3 is 2.62 bits per heavy atom. The van der Waals surface area contributed by atoms with E-state index in [0.717, 1.165) is 6.07 Å².